The van der Waals surface area contributed by atoms with Crippen LogP contribution in [-0.2, 0) is 32.4 Å². The van der Waals surface area contributed by atoms with Crippen molar-refractivity contribution in [3.63, 3.8) is 0 Å². The van der Waals surface area contributed by atoms with Crippen molar-refractivity contribution in [2.45, 2.75) is 69.9 Å². The molecule has 2 N–H and O–H groups in total. The van der Waals surface area contributed by atoms with E-state index >= 15 is 0 Å². The standard InChI is InChI=1S/C21H34N4O3S/c1-3-4-5-15-6-8-16(9-7-15)21(27)23-20-17-13-29-14-18(17)24-25(20)12-19(26)22-10-11-28-2/h15-16H,3-14H2,1-2H3,(H,22,26)(H,23,27). The third-order valence-corrected chi connectivity index (χ3v) is 6.94. The fourth-order valence-corrected chi connectivity index (χ4v) is 5.26. The second-order valence-corrected chi connectivity index (χ2v) is 9.10. The number of thioether (sulfide) groups is 1. The summed E-state index contributed by atoms with van der Waals surface area (Å²) in [6.45, 7) is 3.29. The number of aromatic nitrogens is 2. The Morgan fingerprint density at radius 2 is 2.03 bits per heavy atom. The SMILES string of the molecule is CCCCC1CCC(C(=O)Nc2c3c(nn2CC(=O)NCCOC)CSC3)CC1. The smallest absolute Gasteiger partial charge is 0.241 e. The number of nitrogens with one attached hydrogen (secondary N) is 2. The minimum absolute atomic E-state index is 0.0662. The topological polar surface area (TPSA) is 85.2 Å². The molecule has 2 aliphatic rings. The Hall–Kier alpha value is -1.54. The first kappa shape index (κ1) is 22.2. The van der Waals surface area contributed by atoms with E-state index in [1.165, 1.54) is 19.3 Å². The first-order valence-corrected chi connectivity index (χ1v) is 12.0. The van der Waals surface area contributed by atoms with Gasteiger partial charge in [-0.15, -0.1) is 0 Å². The van der Waals surface area contributed by atoms with Gasteiger partial charge in [-0.3, -0.25) is 9.59 Å². The summed E-state index contributed by atoms with van der Waals surface area (Å²) in [7, 11) is 1.60. The number of amides is 2. The van der Waals surface area contributed by atoms with Crippen LogP contribution < -0.4 is 10.6 Å². The molecule has 0 spiro atoms. The van der Waals surface area contributed by atoms with E-state index in [1.807, 2.05) is 0 Å². The fraction of sp³-hybridized carbons (Fsp3) is 0.762. The summed E-state index contributed by atoms with van der Waals surface area (Å²) in [6, 6.07) is 0. The number of rotatable bonds is 10. The zero-order valence-corrected chi connectivity index (χ0v) is 18.5. The van der Waals surface area contributed by atoms with Crippen LogP contribution in [0.1, 0.15) is 63.1 Å². The molecule has 0 bridgehead atoms. The Labute approximate surface area is 177 Å². The van der Waals surface area contributed by atoms with Gasteiger partial charge in [-0.05, 0) is 31.6 Å². The minimum Gasteiger partial charge on any atom is -0.383 e. The average molecular weight is 423 g/mol. The highest BCUT2D eigenvalue weighted by Gasteiger charge is 2.29. The van der Waals surface area contributed by atoms with Crippen molar-refractivity contribution < 1.29 is 14.3 Å². The molecule has 162 valence electrons. The number of fused-ring (bicyclic) bond motifs is 1. The van der Waals surface area contributed by atoms with Crippen LogP contribution in [0.3, 0.4) is 0 Å². The molecule has 1 aliphatic heterocycles. The number of anilines is 1. The molecule has 1 aromatic rings. The maximum Gasteiger partial charge on any atom is 0.241 e. The van der Waals surface area contributed by atoms with Gasteiger partial charge in [0.05, 0.1) is 12.3 Å². The summed E-state index contributed by atoms with van der Waals surface area (Å²) >= 11 is 1.79. The lowest BCUT2D eigenvalue weighted by molar-refractivity contribution is -0.122. The molecule has 8 heteroatoms. The van der Waals surface area contributed by atoms with Gasteiger partial charge < -0.3 is 15.4 Å². The fourth-order valence-electron chi connectivity index (χ4n) is 4.23. The van der Waals surface area contributed by atoms with Gasteiger partial charge in [0.25, 0.3) is 0 Å². The maximum atomic E-state index is 13.0. The second-order valence-electron chi connectivity index (χ2n) is 8.12. The molecule has 1 aliphatic carbocycles. The van der Waals surface area contributed by atoms with Crippen molar-refractivity contribution >= 4 is 29.4 Å². The van der Waals surface area contributed by atoms with Gasteiger partial charge in [-0.25, -0.2) is 4.68 Å². The van der Waals surface area contributed by atoms with E-state index in [0.29, 0.717) is 19.0 Å². The predicted molar refractivity (Wildman–Crippen MR) is 116 cm³/mol. The van der Waals surface area contributed by atoms with Gasteiger partial charge in [0.2, 0.25) is 11.8 Å². The molecule has 3 rings (SSSR count). The third kappa shape index (κ3) is 5.98. The van der Waals surface area contributed by atoms with Crippen LogP contribution in [0.5, 0.6) is 0 Å². The monoisotopic (exact) mass is 422 g/mol. The van der Waals surface area contributed by atoms with E-state index < -0.39 is 0 Å². The van der Waals surface area contributed by atoms with Gasteiger partial charge in [-0.2, -0.15) is 16.9 Å². The molecule has 0 aromatic carbocycles. The first-order valence-electron chi connectivity index (χ1n) is 10.8. The van der Waals surface area contributed by atoms with Crippen molar-refractivity contribution in [1.82, 2.24) is 15.1 Å². The van der Waals surface area contributed by atoms with Crippen LogP contribution in [0.2, 0.25) is 0 Å². The Bertz CT molecular complexity index is 698. The summed E-state index contributed by atoms with van der Waals surface area (Å²) in [4.78, 5) is 25.2. The van der Waals surface area contributed by atoms with E-state index in [0.717, 1.165) is 54.4 Å². The second kappa shape index (κ2) is 11.0. The molecule has 7 nitrogen and oxygen atoms in total. The van der Waals surface area contributed by atoms with Crippen LogP contribution >= 0.6 is 11.8 Å². The molecule has 0 atom stereocenters. The molecule has 0 unspecified atom stereocenters. The molecular weight excluding hydrogens is 388 g/mol. The zero-order valence-electron chi connectivity index (χ0n) is 17.7. The van der Waals surface area contributed by atoms with Crippen molar-refractivity contribution in [3.05, 3.63) is 11.3 Å². The first-order chi connectivity index (χ1) is 14.1. The summed E-state index contributed by atoms with van der Waals surface area (Å²) in [5.74, 6) is 3.18. The number of methoxy groups -OCH3 is 1. The lowest BCUT2D eigenvalue weighted by Crippen LogP contribution is -2.32. The highest BCUT2D eigenvalue weighted by molar-refractivity contribution is 7.98. The molecule has 2 heterocycles. The molecule has 2 amide bonds. The maximum absolute atomic E-state index is 13.0. The van der Waals surface area contributed by atoms with Gasteiger partial charge in [-0.1, -0.05) is 26.2 Å². The Morgan fingerprint density at radius 3 is 2.76 bits per heavy atom. The predicted octanol–water partition coefficient (Wildman–Crippen LogP) is 3.33. The summed E-state index contributed by atoms with van der Waals surface area (Å²) in [5.41, 5.74) is 2.06. The molecule has 1 fully saturated rings. The van der Waals surface area contributed by atoms with E-state index in [-0.39, 0.29) is 24.3 Å². The number of hydrogen-bond acceptors (Lipinski definition) is 5. The van der Waals surface area contributed by atoms with E-state index in [9.17, 15) is 9.59 Å². The summed E-state index contributed by atoms with van der Waals surface area (Å²) < 4.78 is 6.63. The van der Waals surface area contributed by atoms with Crippen LogP contribution in [0.25, 0.3) is 0 Å². The molecule has 1 saturated carbocycles. The number of ether oxygens (including phenoxy) is 1. The number of carbonyl (C=O) groups excluding carboxylic acids is 2. The summed E-state index contributed by atoms with van der Waals surface area (Å²) in [6.07, 6.45) is 8.04. The molecule has 1 aromatic heterocycles. The summed E-state index contributed by atoms with van der Waals surface area (Å²) in [5, 5.41) is 10.5. The highest BCUT2D eigenvalue weighted by Crippen LogP contribution is 2.36. The van der Waals surface area contributed by atoms with Crippen molar-refractivity contribution in [3.8, 4) is 0 Å². The Kier molecular flexibility index (Phi) is 8.41. The zero-order chi connectivity index (χ0) is 20.6. The van der Waals surface area contributed by atoms with Crippen LogP contribution in [0.15, 0.2) is 0 Å². The Morgan fingerprint density at radius 1 is 1.24 bits per heavy atom. The molecule has 29 heavy (non-hydrogen) atoms. The van der Waals surface area contributed by atoms with Gasteiger partial charge >= 0.3 is 0 Å². The average Bonchev–Trinajstić information content (AvgIpc) is 3.29. The number of nitrogens with zero attached hydrogens (tertiary/aromatic N) is 2. The number of unbranched alkanes of at least 4 members (excludes halogenated alkanes) is 1. The van der Waals surface area contributed by atoms with E-state index in [4.69, 9.17) is 4.74 Å². The van der Waals surface area contributed by atoms with Crippen LogP contribution in [-0.4, -0.2) is 41.9 Å². The molecule has 0 saturated heterocycles. The number of hydrogen-bond donors (Lipinski definition) is 2. The van der Waals surface area contributed by atoms with Gasteiger partial charge in [0.15, 0.2) is 0 Å². The quantitative estimate of drug-likeness (QED) is 0.565. The number of carbonyl (C=O) groups is 2. The third-order valence-electron chi connectivity index (χ3n) is 5.97. The van der Waals surface area contributed by atoms with Crippen molar-refractivity contribution in [2.24, 2.45) is 11.8 Å². The van der Waals surface area contributed by atoms with Crippen LogP contribution in [0, 0.1) is 11.8 Å². The Balaban J connectivity index is 1.59. The minimum atomic E-state index is -0.122. The molecular formula is C21H34N4O3S. The lowest BCUT2D eigenvalue weighted by atomic mass is 9.79. The van der Waals surface area contributed by atoms with Gasteiger partial charge in [0.1, 0.15) is 12.4 Å². The van der Waals surface area contributed by atoms with Gasteiger partial charge in [0, 0.05) is 36.6 Å². The van der Waals surface area contributed by atoms with E-state index in [1.54, 1.807) is 23.6 Å². The van der Waals surface area contributed by atoms with E-state index in [2.05, 4.69) is 22.7 Å². The van der Waals surface area contributed by atoms with Crippen molar-refractivity contribution in [2.75, 3.05) is 25.6 Å². The largest absolute Gasteiger partial charge is 0.383 e. The van der Waals surface area contributed by atoms with Crippen LogP contribution in [0.4, 0.5) is 5.82 Å². The molecule has 0 radical (unpaired) electrons. The lowest BCUT2D eigenvalue weighted by Gasteiger charge is -2.27. The highest BCUT2D eigenvalue weighted by atomic mass is 32.2. The normalized spacial score (nSPS) is 21.0. The van der Waals surface area contributed by atoms with Crippen molar-refractivity contribution in [1.29, 1.82) is 0 Å².